The summed E-state index contributed by atoms with van der Waals surface area (Å²) >= 11 is 0. The lowest BCUT2D eigenvalue weighted by molar-refractivity contribution is -0.143. The molecule has 3 aromatic rings. The van der Waals surface area contributed by atoms with E-state index >= 15 is 0 Å². The molecule has 8 N–H and O–H groups in total. The summed E-state index contributed by atoms with van der Waals surface area (Å²) in [7, 11) is 0. The summed E-state index contributed by atoms with van der Waals surface area (Å²) in [5.74, 6) is -4.37. The Bertz CT molecular complexity index is 1490. The Balaban J connectivity index is 1.43. The number of carboxylic acid groups (broad SMARTS) is 2. The minimum absolute atomic E-state index is 0.0471. The molecule has 228 valence electrons. The number of amides is 3. The first-order chi connectivity index (χ1) is 20.5. The van der Waals surface area contributed by atoms with Crippen molar-refractivity contribution < 1.29 is 39.3 Å². The maximum absolute atomic E-state index is 13.3. The van der Waals surface area contributed by atoms with Gasteiger partial charge < -0.3 is 41.6 Å². The third kappa shape index (κ3) is 7.89. The average Bonchev–Trinajstić information content (AvgIpc) is 3.63. The second-order valence-corrected chi connectivity index (χ2v) is 10.6. The van der Waals surface area contributed by atoms with Crippen molar-refractivity contribution in [2.45, 2.75) is 62.7 Å². The molecule has 1 fully saturated rings. The van der Waals surface area contributed by atoms with E-state index in [1.54, 1.807) is 18.3 Å². The summed E-state index contributed by atoms with van der Waals surface area (Å²) in [6, 6.07) is 8.97. The number of phenols is 1. The number of nitrogens with zero attached hydrogens (tertiary/aromatic N) is 1. The molecular formula is C30H35N5O8. The molecule has 0 saturated carbocycles. The van der Waals surface area contributed by atoms with Gasteiger partial charge in [0.25, 0.3) is 0 Å². The predicted octanol–water partition coefficient (Wildman–Crippen LogP) is 0.896. The fourth-order valence-electron chi connectivity index (χ4n) is 5.29. The highest BCUT2D eigenvalue weighted by Gasteiger charge is 2.38. The van der Waals surface area contributed by atoms with Crippen molar-refractivity contribution in [1.82, 2.24) is 20.5 Å². The number of aliphatic carboxylic acids is 2. The topological polar surface area (TPSA) is 215 Å². The summed E-state index contributed by atoms with van der Waals surface area (Å²) in [5, 5.41) is 34.3. The third-order valence-corrected chi connectivity index (χ3v) is 7.54. The van der Waals surface area contributed by atoms with Crippen LogP contribution in [0.2, 0.25) is 0 Å². The van der Waals surface area contributed by atoms with Gasteiger partial charge in [-0.15, -0.1) is 0 Å². The summed E-state index contributed by atoms with van der Waals surface area (Å²) in [6.07, 6.45) is 1.89. The molecule has 4 atom stereocenters. The number of aromatic nitrogens is 1. The fraction of sp³-hybridized carbons (Fsp3) is 0.367. The van der Waals surface area contributed by atoms with Gasteiger partial charge in [0.2, 0.25) is 17.7 Å². The van der Waals surface area contributed by atoms with Crippen molar-refractivity contribution in [1.29, 1.82) is 0 Å². The number of fused-ring (bicyclic) bond motifs is 1. The molecule has 0 spiro atoms. The molecule has 0 aliphatic carbocycles. The van der Waals surface area contributed by atoms with Crippen LogP contribution >= 0.6 is 0 Å². The van der Waals surface area contributed by atoms with Crippen LogP contribution in [0, 0.1) is 0 Å². The maximum Gasteiger partial charge on any atom is 0.326 e. The highest BCUT2D eigenvalue weighted by molar-refractivity contribution is 5.95. The normalized spacial score (nSPS) is 16.8. The minimum Gasteiger partial charge on any atom is -0.508 e. The zero-order chi connectivity index (χ0) is 31.1. The third-order valence-electron chi connectivity index (χ3n) is 7.54. The fourth-order valence-corrected chi connectivity index (χ4v) is 5.29. The van der Waals surface area contributed by atoms with Crippen LogP contribution in [0.1, 0.15) is 36.8 Å². The number of phenolic OH excluding ortho intramolecular Hbond substituents is 1. The van der Waals surface area contributed by atoms with E-state index in [0.29, 0.717) is 18.4 Å². The van der Waals surface area contributed by atoms with Crippen LogP contribution in [0.4, 0.5) is 0 Å². The molecule has 4 unspecified atom stereocenters. The van der Waals surface area contributed by atoms with Gasteiger partial charge in [0.15, 0.2) is 0 Å². The molecule has 1 aromatic heterocycles. The molecule has 3 amide bonds. The Hall–Kier alpha value is -4.91. The van der Waals surface area contributed by atoms with Gasteiger partial charge in [0.1, 0.15) is 23.9 Å². The van der Waals surface area contributed by atoms with Gasteiger partial charge in [-0.2, -0.15) is 0 Å². The lowest BCUT2D eigenvalue weighted by Gasteiger charge is -2.28. The molecule has 1 aliphatic rings. The van der Waals surface area contributed by atoms with Crippen LogP contribution in [0.15, 0.2) is 54.7 Å². The molecular weight excluding hydrogens is 558 g/mol. The summed E-state index contributed by atoms with van der Waals surface area (Å²) < 4.78 is 0. The SMILES string of the molecule is NC(Cc1ccc(O)cc1)C(=O)N1CCCC1C(=O)NC(CCC(=O)O)C(=O)NC(Cc1c[nH]c2ccccc12)C(=O)O. The number of hydrogen-bond donors (Lipinski definition) is 7. The van der Waals surface area contributed by atoms with E-state index < -0.39 is 60.2 Å². The second-order valence-electron chi connectivity index (χ2n) is 10.6. The number of carbonyl (C=O) groups excluding carboxylic acids is 3. The largest absolute Gasteiger partial charge is 0.508 e. The number of benzene rings is 2. The Morgan fingerprint density at radius 1 is 0.977 bits per heavy atom. The quantitative estimate of drug-likeness (QED) is 0.150. The van der Waals surface area contributed by atoms with Crippen molar-refractivity contribution in [2.75, 3.05) is 6.54 Å². The Morgan fingerprint density at radius 2 is 1.70 bits per heavy atom. The van der Waals surface area contributed by atoms with Crippen LogP contribution in [0.25, 0.3) is 10.9 Å². The molecule has 2 aromatic carbocycles. The maximum atomic E-state index is 13.3. The van der Waals surface area contributed by atoms with Crippen molar-refractivity contribution in [2.24, 2.45) is 5.73 Å². The van der Waals surface area contributed by atoms with Gasteiger partial charge in [-0.25, -0.2) is 4.79 Å². The summed E-state index contributed by atoms with van der Waals surface area (Å²) in [5.41, 5.74) is 8.36. The summed E-state index contributed by atoms with van der Waals surface area (Å²) in [4.78, 5) is 67.5. The van der Waals surface area contributed by atoms with E-state index in [4.69, 9.17) is 5.73 Å². The number of carboxylic acids is 2. The van der Waals surface area contributed by atoms with Gasteiger partial charge in [-0.05, 0) is 55.0 Å². The molecule has 13 nitrogen and oxygen atoms in total. The molecule has 0 bridgehead atoms. The van der Waals surface area contributed by atoms with Crippen LogP contribution in [0.3, 0.4) is 0 Å². The molecule has 2 heterocycles. The van der Waals surface area contributed by atoms with Crippen molar-refractivity contribution in [3.63, 3.8) is 0 Å². The number of likely N-dealkylation sites (tertiary alicyclic amines) is 1. The number of aromatic amines is 1. The van der Waals surface area contributed by atoms with Gasteiger partial charge in [-0.3, -0.25) is 19.2 Å². The first-order valence-electron chi connectivity index (χ1n) is 14.0. The molecule has 43 heavy (non-hydrogen) atoms. The number of nitrogens with two attached hydrogens (primary N) is 1. The Morgan fingerprint density at radius 3 is 2.40 bits per heavy atom. The number of rotatable bonds is 13. The molecule has 0 radical (unpaired) electrons. The first kappa shape index (κ1) is 31.0. The van der Waals surface area contributed by atoms with E-state index in [-0.39, 0.29) is 31.6 Å². The van der Waals surface area contributed by atoms with E-state index in [9.17, 15) is 39.3 Å². The van der Waals surface area contributed by atoms with Crippen molar-refractivity contribution >= 4 is 40.6 Å². The van der Waals surface area contributed by atoms with Gasteiger partial charge >= 0.3 is 11.9 Å². The highest BCUT2D eigenvalue weighted by atomic mass is 16.4. The van der Waals surface area contributed by atoms with E-state index in [2.05, 4.69) is 15.6 Å². The predicted molar refractivity (Wildman–Crippen MR) is 155 cm³/mol. The number of nitrogens with one attached hydrogen (secondary N) is 3. The van der Waals surface area contributed by atoms with Crippen LogP contribution in [0.5, 0.6) is 5.75 Å². The molecule has 13 heteroatoms. The molecule has 4 rings (SSSR count). The van der Waals surface area contributed by atoms with Crippen molar-refractivity contribution in [3.8, 4) is 5.75 Å². The second kappa shape index (κ2) is 13.8. The number of hydrogen-bond acceptors (Lipinski definition) is 7. The standard InChI is InChI=1S/C30H35N5O8/c31-21(14-17-7-9-19(36)10-8-17)29(41)35-13-3-6-25(35)28(40)33-23(11-12-26(37)38)27(39)34-24(30(42)43)15-18-16-32-22-5-2-1-4-20(18)22/h1-2,4-5,7-10,16,21,23-25,32,36H,3,6,11-15,31H2,(H,33,40)(H,34,39)(H,37,38)(H,42,43). The molecule has 1 saturated heterocycles. The Labute approximate surface area is 247 Å². The zero-order valence-corrected chi connectivity index (χ0v) is 23.4. The van der Waals surface area contributed by atoms with E-state index in [1.165, 1.54) is 17.0 Å². The number of H-pyrrole nitrogens is 1. The Kier molecular flexibility index (Phi) is 9.99. The molecule has 1 aliphatic heterocycles. The summed E-state index contributed by atoms with van der Waals surface area (Å²) in [6.45, 7) is 0.276. The number of aromatic hydroxyl groups is 1. The van der Waals surface area contributed by atoms with Crippen molar-refractivity contribution in [3.05, 3.63) is 65.9 Å². The van der Waals surface area contributed by atoms with E-state index in [1.807, 2.05) is 24.3 Å². The van der Waals surface area contributed by atoms with Gasteiger partial charge in [-0.1, -0.05) is 30.3 Å². The van der Waals surface area contributed by atoms with Gasteiger partial charge in [0, 0.05) is 36.5 Å². The minimum atomic E-state index is -1.35. The van der Waals surface area contributed by atoms with Gasteiger partial charge in [0.05, 0.1) is 6.04 Å². The monoisotopic (exact) mass is 593 g/mol. The first-order valence-corrected chi connectivity index (χ1v) is 14.0. The number of carbonyl (C=O) groups is 5. The zero-order valence-electron chi connectivity index (χ0n) is 23.4. The van der Waals surface area contributed by atoms with Crippen LogP contribution in [-0.4, -0.2) is 85.6 Å². The van der Waals surface area contributed by atoms with E-state index in [0.717, 1.165) is 16.5 Å². The lowest BCUT2D eigenvalue weighted by Crippen LogP contribution is -2.57. The highest BCUT2D eigenvalue weighted by Crippen LogP contribution is 2.21. The van der Waals surface area contributed by atoms with Crippen LogP contribution < -0.4 is 16.4 Å². The number of para-hydroxylation sites is 1. The van der Waals surface area contributed by atoms with Crippen LogP contribution in [-0.2, 0) is 36.8 Å². The average molecular weight is 594 g/mol. The lowest BCUT2D eigenvalue weighted by atomic mass is 10.0. The smallest absolute Gasteiger partial charge is 0.326 e.